The number of carbonyl (C=O) groups excluding carboxylic acids is 2. The van der Waals surface area contributed by atoms with Crippen LogP contribution in [0.1, 0.15) is 16.1 Å². The molecule has 0 radical (unpaired) electrons. The van der Waals surface area contributed by atoms with Gasteiger partial charge in [0.25, 0.3) is 5.91 Å². The lowest BCUT2D eigenvalue weighted by Gasteiger charge is -2.10. The Kier molecular flexibility index (Phi) is 5.89. The Morgan fingerprint density at radius 1 is 1.31 bits per heavy atom. The molecular weight excluding hydrogens is 342 g/mol. The van der Waals surface area contributed by atoms with Gasteiger partial charge in [-0.05, 0) is 30.7 Å². The van der Waals surface area contributed by atoms with Gasteiger partial charge in [-0.25, -0.2) is 9.48 Å². The number of aryl methyl sites for hydroxylation is 1. The van der Waals surface area contributed by atoms with E-state index < -0.39 is 18.5 Å². The second-order valence-corrected chi connectivity index (χ2v) is 5.70. The monoisotopic (exact) mass is 361 g/mol. The highest BCUT2D eigenvalue weighted by Crippen LogP contribution is 2.21. The normalized spacial score (nSPS) is 10.3. The van der Waals surface area contributed by atoms with Gasteiger partial charge < -0.3 is 20.1 Å². The number of benzene rings is 1. The number of nitrogens with one attached hydrogen (secondary N) is 1. The van der Waals surface area contributed by atoms with Crippen LogP contribution in [-0.2, 0) is 16.1 Å². The van der Waals surface area contributed by atoms with Crippen molar-refractivity contribution in [3.63, 3.8) is 0 Å². The molecule has 0 atom stereocenters. The average Bonchev–Trinajstić information content (AvgIpc) is 3.03. The van der Waals surface area contributed by atoms with Crippen LogP contribution < -0.4 is 10.1 Å². The SMILES string of the molecule is Cc1cc(OCC(=O)O)ccc1NC(=O)c1cn(CC(=O)N(C)C)nn1. The average molecular weight is 361 g/mol. The highest BCUT2D eigenvalue weighted by Gasteiger charge is 2.14. The number of likely N-dealkylation sites (N-methyl/N-ethyl adjacent to an activating group) is 1. The molecule has 2 amide bonds. The Balaban J connectivity index is 2.02. The van der Waals surface area contributed by atoms with Crippen molar-refractivity contribution in [3.8, 4) is 5.75 Å². The first-order valence-electron chi connectivity index (χ1n) is 7.63. The molecule has 0 fully saturated rings. The minimum atomic E-state index is -1.07. The molecule has 10 nitrogen and oxygen atoms in total. The summed E-state index contributed by atoms with van der Waals surface area (Å²) in [4.78, 5) is 35.8. The second-order valence-electron chi connectivity index (χ2n) is 5.70. The van der Waals surface area contributed by atoms with Gasteiger partial charge in [0.15, 0.2) is 12.3 Å². The molecule has 0 saturated heterocycles. The minimum absolute atomic E-state index is 0.0120. The third-order valence-corrected chi connectivity index (χ3v) is 3.38. The zero-order valence-corrected chi connectivity index (χ0v) is 14.6. The summed E-state index contributed by atoms with van der Waals surface area (Å²) in [6, 6.07) is 4.77. The van der Waals surface area contributed by atoms with Crippen LogP contribution in [-0.4, -0.2) is 63.5 Å². The number of ether oxygens (including phenoxy) is 1. The molecular formula is C16H19N5O5. The molecule has 0 bridgehead atoms. The van der Waals surface area contributed by atoms with E-state index in [2.05, 4.69) is 15.6 Å². The van der Waals surface area contributed by atoms with E-state index in [1.54, 1.807) is 39.2 Å². The molecule has 2 N–H and O–H groups in total. The smallest absolute Gasteiger partial charge is 0.341 e. The number of hydrogen-bond acceptors (Lipinski definition) is 6. The predicted molar refractivity (Wildman–Crippen MR) is 91.0 cm³/mol. The maximum Gasteiger partial charge on any atom is 0.341 e. The van der Waals surface area contributed by atoms with E-state index >= 15 is 0 Å². The largest absolute Gasteiger partial charge is 0.482 e. The quantitative estimate of drug-likeness (QED) is 0.730. The van der Waals surface area contributed by atoms with E-state index in [0.29, 0.717) is 17.0 Å². The van der Waals surface area contributed by atoms with E-state index in [-0.39, 0.29) is 18.1 Å². The zero-order valence-electron chi connectivity index (χ0n) is 14.6. The molecule has 1 aromatic carbocycles. The van der Waals surface area contributed by atoms with Gasteiger partial charge >= 0.3 is 5.97 Å². The number of nitrogens with zero attached hydrogens (tertiary/aromatic N) is 4. The van der Waals surface area contributed by atoms with Crippen molar-refractivity contribution in [1.29, 1.82) is 0 Å². The van der Waals surface area contributed by atoms with E-state index in [1.807, 2.05) is 0 Å². The summed E-state index contributed by atoms with van der Waals surface area (Å²) in [7, 11) is 3.25. The van der Waals surface area contributed by atoms with Crippen LogP contribution >= 0.6 is 0 Å². The van der Waals surface area contributed by atoms with Gasteiger partial charge in [-0.3, -0.25) is 9.59 Å². The van der Waals surface area contributed by atoms with Gasteiger partial charge in [0, 0.05) is 19.8 Å². The highest BCUT2D eigenvalue weighted by molar-refractivity contribution is 6.03. The number of aromatic nitrogens is 3. The maximum atomic E-state index is 12.3. The Morgan fingerprint density at radius 2 is 2.04 bits per heavy atom. The molecule has 0 aliphatic rings. The summed E-state index contributed by atoms with van der Waals surface area (Å²) in [5, 5.41) is 18.8. The van der Waals surface area contributed by atoms with Crippen molar-refractivity contribution in [1.82, 2.24) is 19.9 Å². The molecule has 0 spiro atoms. The van der Waals surface area contributed by atoms with E-state index in [4.69, 9.17) is 9.84 Å². The van der Waals surface area contributed by atoms with Gasteiger partial charge in [-0.2, -0.15) is 0 Å². The summed E-state index contributed by atoms with van der Waals surface area (Å²) in [5.41, 5.74) is 1.29. The van der Waals surface area contributed by atoms with E-state index in [0.717, 1.165) is 0 Å². The molecule has 0 unspecified atom stereocenters. The summed E-state index contributed by atoms with van der Waals surface area (Å²) < 4.78 is 6.36. The third-order valence-electron chi connectivity index (χ3n) is 3.38. The predicted octanol–water partition coefficient (Wildman–Crippen LogP) is 0.390. The molecule has 0 aliphatic heterocycles. The van der Waals surface area contributed by atoms with E-state index in [9.17, 15) is 14.4 Å². The first-order chi connectivity index (χ1) is 12.3. The van der Waals surface area contributed by atoms with E-state index in [1.165, 1.54) is 15.8 Å². The van der Waals surface area contributed by atoms with Crippen molar-refractivity contribution >= 4 is 23.5 Å². The van der Waals surface area contributed by atoms with Crippen LogP contribution in [0, 0.1) is 6.92 Å². The number of carboxylic acid groups (broad SMARTS) is 1. The van der Waals surface area contributed by atoms with Crippen LogP contribution in [0.25, 0.3) is 0 Å². The standard InChI is InChI=1S/C16H19N5O5/c1-10-6-11(26-9-15(23)24)4-5-12(10)17-16(25)13-7-21(19-18-13)8-14(22)20(2)3/h4-7H,8-9H2,1-3H3,(H,17,25)(H,23,24). The molecule has 0 aliphatic carbocycles. The number of carboxylic acids is 1. The zero-order chi connectivity index (χ0) is 19.3. The van der Waals surface area contributed by atoms with Gasteiger partial charge in [0.1, 0.15) is 12.3 Å². The summed E-state index contributed by atoms with van der Waals surface area (Å²) >= 11 is 0. The minimum Gasteiger partial charge on any atom is -0.482 e. The Hall–Kier alpha value is -3.43. The molecule has 26 heavy (non-hydrogen) atoms. The van der Waals surface area contributed by atoms with Crippen molar-refractivity contribution < 1.29 is 24.2 Å². The van der Waals surface area contributed by atoms with Gasteiger partial charge in [-0.1, -0.05) is 5.21 Å². The van der Waals surface area contributed by atoms with Crippen LogP contribution in [0.5, 0.6) is 5.75 Å². The van der Waals surface area contributed by atoms with Crippen molar-refractivity contribution in [3.05, 3.63) is 35.7 Å². The number of aliphatic carboxylic acids is 1. The summed E-state index contributed by atoms with van der Waals surface area (Å²) in [5.74, 6) is -1.34. The number of amides is 2. The molecule has 0 saturated carbocycles. The Bertz CT molecular complexity index is 830. The van der Waals surface area contributed by atoms with Crippen LogP contribution in [0.15, 0.2) is 24.4 Å². The molecule has 10 heteroatoms. The lowest BCUT2D eigenvalue weighted by molar-refractivity contribution is -0.139. The lowest BCUT2D eigenvalue weighted by atomic mass is 10.2. The van der Waals surface area contributed by atoms with Crippen LogP contribution in [0.3, 0.4) is 0 Å². The first kappa shape index (κ1) is 18.9. The molecule has 1 aromatic heterocycles. The molecule has 2 aromatic rings. The van der Waals surface area contributed by atoms with Crippen LogP contribution in [0.2, 0.25) is 0 Å². The summed E-state index contributed by atoms with van der Waals surface area (Å²) in [6.45, 7) is 1.29. The van der Waals surface area contributed by atoms with Gasteiger partial charge in [-0.15, -0.1) is 5.10 Å². The second kappa shape index (κ2) is 8.10. The van der Waals surface area contributed by atoms with Crippen LogP contribution in [0.4, 0.5) is 5.69 Å². The van der Waals surface area contributed by atoms with Crippen molar-refractivity contribution in [2.24, 2.45) is 0 Å². The van der Waals surface area contributed by atoms with Crippen molar-refractivity contribution in [2.45, 2.75) is 13.5 Å². The molecule has 138 valence electrons. The third kappa shape index (κ3) is 5.03. The maximum absolute atomic E-state index is 12.3. The van der Waals surface area contributed by atoms with Gasteiger partial charge in [0.05, 0.1) is 6.20 Å². The summed E-state index contributed by atoms with van der Waals surface area (Å²) in [6.07, 6.45) is 1.39. The number of rotatable bonds is 7. The van der Waals surface area contributed by atoms with Crippen molar-refractivity contribution in [2.75, 3.05) is 26.0 Å². The van der Waals surface area contributed by atoms with Gasteiger partial charge in [0.2, 0.25) is 5.91 Å². The number of anilines is 1. The Labute approximate surface area is 149 Å². The number of carbonyl (C=O) groups is 3. The molecule has 2 rings (SSSR count). The lowest BCUT2D eigenvalue weighted by Crippen LogP contribution is -2.26. The highest BCUT2D eigenvalue weighted by atomic mass is 16.5. The fourth-order valence-electron chi connectivity index (χ4n) is 1.96. The fourth-order valence-corrected chi connectivity index (χ4v) is 1.96. The Morgan fingerprint density at radius 3 is 2.65 bits per heavy atom. The number of hydrogen-bond donors (Lipinski definition) is 2. The molecule has 1 heterocycles. The topological polar surface area (TPSA) is 127 Å². The fraction of sp³-hybridized carbons (Fsp3) is 0.312. The first-order valence-corrected chi connectivity index (χ1v) is 7.63.